The van der Waals surface area contributed by atoms with Gasteiger partial charge in [-0.25, -0.2) is 0 Å². The van der Waals surface area contributed by atoms with Crippen molar-refractivity contribution in [1.82, 2.24) is 10.2 Å². The lowest BCUT2D eigenvalue weighted by Gasteiger charge is -2.23. The van der Waals surface area contributed by atoms with E-state index in [1.165, 1.54) is 18.4 Å². The number of carbonyl (C=O) groups excluding carboxylic acids is 1. The van der Waals surface area contributed by atoms with E-state index in [0.717, 1.165) is 25.7 Å². The fourth-order valence-electron chi connectivity index (χ4n) is 3.16. The van der Waals surface area contributed by atoms with Crippen LogP contribution >= 0.6 is 0 Å². The van der Waals surface area contributed by atoms with Crippen LogP contribution in [-0.4, -0.2) is 29.1 Å². The molecule has 2 aliphatic rings. The zero-order valence-electron chi connectivity index (χ0n) is 12.2. The van der Waals surface area contributed by atoms with Gasteiger partial charge in [0, 0.05) is 6.04 Å². The van der Waals surface area contributed by atoms with Crippen molar-refractivity contribution in [2.45, 2.75) is 63.7 Å². The largest absolute Gasteiger partial charge is 0.323 e. The lowest BCUT2D eigenvalue weighted by molar-refractivity contribution is -0.130. The molecule has 3 nitrogen and oxygen atoms in total. The molecule has 1 aromatic carbocycles. The third-order valence-electron chi connectivity index (χ3n) is 4.35. The van der Waals surface area contributed by atoms with Crippen molar-refractivity contribution >= 4 is 5.91 Å². The summed E-state index contributed by atoms with van der Waals surface area (Å²) in [5.41, 5.74) is 1.32. The second-order valence-electron chi connectivity index (χ2n) is 6.02. The quantitative estimate of drug-likeness (QED) is 0.863. The number of carbonyl (C=O) groups is 1. The van der Waals surface area contributed by atoms with Gasteiger partial charge in [-0.2, -0.15) is 0 Å². The minimum Gasteiger partial charge on any atom is -0.323 e. The van der Waals surface area contributed by atoms with Gasteiger partial charge in [0.25, 0.3) is 0 Å². The highest BCUT2D eigenvalue weighted by molar-refractivity contribution is 5.85. The standard InChI is InChI=1S/C17H24N2O/c1-2-6-16-18-15(17(20)19(16)14-10-11-14)12-9-13-7-4-3-5-8-13/h3-5,7-8,14-16,18H,2,6,9-12H2,1H3. The molecule has 2 atom stereocenters. The van der Waals surface area contributed by atoms with Gasteiger partial charge in [0.1, 0.15) is 0 Å². The van der Waals surface area contributed by atoms with Crippen LogP contribution in [0, 0.1) is 0 Å². The van der Waals surface area contributed by atoms with E-state index in [1.54, 1.807) is 0 Å². The molecule has 1 N–H and O–H groups in total. The number of hydrogen-bond donors (Lipinski definition) is 1. The lowest BCUT2D eigenvalue weighted by Crippen LogP contribution is -2.38. The number of nitrogens with one attached hydrogen (secondary N) is 1. The molecule has 1 heterocycles. The second kappa shape index (κ2) is 5.96. The average Bonchev–Trinajstić information content (AvgIpc) is 3.25. The Morgan fingerprint density at radius 1 is 1.20 bits per heavy atom. The van der Waals surface area contributed by atoms with E-state index in [0.29, 0.717) is 11.9 Å². The molecule has 1 aliphatic carbocycles. The monoisotopic (exact) mass is 272 g/mol. The van der Waals surface area contributed by atoms with Crippen LogP contribution in [0.1, 0.15) is 44.6 Å². The summed E-state index contributed by atoms with van der Waals surface area (Å²) in [6, 6.07) is 11.0. The van der Waals surface area contributed by atoms with Crippen molar-refractivity contribution in [3.63, 3.8) is 0 Å². The van der Waals surface area contributed by atoms with Gasteiger partial charge in [-0.05, 0) is 37.7 Å². The first-order chi connectivity index (χ1) is 9.79. The van der Waals surface area contributed by atoms with Crippen LogP contribution in [0.15, 0.2) is 30.3 Å². The summed E-state index contributed by atoms with van der Waals surface area (Å²) >= 11 is 0. The Hall–Kier alpha value is -1.35. The van der Waals surface area contributed by atoms with Crippen LogP contribution in [0.3, 0.4) is 0 Å². The number of amides is 1. The van der Waals surface area contributed by atoms with E-state index in [2.05, 4.69) is 41.4 Å². The predicted molar refractivity (Wildman–Crippen MR) is 80.3 cm³/mol. The first kappa shape index (κ1) is 13.6. The van der Waals surface area contributed by atoms with Crippen LogP contribution in [0.25, 0.3) is 0 Å². The molecule has 20 heavy (non-hydrogen) atoms. The number of nitrogens with zero attached hydrogens (tertiary/aromatic N) is 1. The Morgan fingerprint density at radius 3 is 2.60 bits per heavy atom. The Bertz CT molecular complexity index is 455. The topological polar surface area (TPSA) is 32.3 Å². The molecule has 1 saturated heterocycles. The minimum absolute atomic E-state index is 0.0207. The van der Waals surface area contributed by atoms with Crippen molar-refractivity contribution in [3.8, 4) is 0 Å². The van der Waals surface area contributed by atoms with E-state index < -0.39 is 0 Å². The van der Waals surface area contributed by atoms with Gasteiger partial charge in [-0.1, -0.05) is 43.7 Å². The summed E-state index contributed by atoms with van der Waals surface area (Å²) in [7, 11) is 0. The van der Waals surface area contributed by atoms with E-state index in [-0.39, 0.29) is 12.2 Å². The molecule has 0 aromatic heterocycles. The van der Waals surface area contributed by atoms with Crippen molar-refractivity contribution in [3.05, 3.63) is 35.9 Å². The zero-order valence-corrected chi connectivity index (χ0v) is 12.2. The van der Waals surface area contributed by atoms with Crippen molar-refractivity contribution < 1.29 is 4.79 Å². The number of rotatable bonds is 6. The minimum atomic E-state index is 0.0207. The van der Waals surface area contributed by atoms with E-state index in [9.17, 15) is 4.79 Å². The van der Waals surface area contributed by atoms with Crippen LogP contribution in [0.4, 0.5) is 0 Å². The molecule has 1 aromatic rings. The molecular weight excluding hydrogens is 248 g/mol. The van der Waals surface area contributed by atoms with Crippen molar-refractivity contribution in [1.29, 1.82) is 0 Å². The van der Waals surface area contributed by atoms with E-state index in [4.69, 9.17) is 0 Å². The van der Waals surface area contributed by atoms with Crippen LogP contribution in [0.2, 0.25) is 0 Å². The van der Waals surface area contributed by atoms with Gasteiger partial charge in [-0.15, -0.1) is 0 Å². The third-order valence-corrected chi connectivity index (χ3v) is 4.35. The molecule has 3 rings (SSSR count). The summed E-state index contributed by atoms with van der Waals surface area (Å²) in [5, 5.41) is 3.56. The van der Waals surface area contributed by atoms with Crippen LogP contribution < -0.4 is 5.32 Å². The lowest BCUT2D eigenvalue weighted by atomic mass is 10.1. The van der Waals surface area contributed by atoms with Gasteiger partial charge in [0.2, 0.25) is 5.91 Å². The van der Waals surface area contributed by atoms with Gasteiger partial charge in [0.05, 0.1) is 12.2 Å². The molecule has 0 radical (unpaired) electrons. The van der Waals surface area contributed by atoms with Gasteiger partial charge < -0.3 is 4.90 Å². The third kappa shape index (κ3) is 2.88. The maximum absolute atomic E-state index is 12.6. The van der Waals surface area contributed by atoms with Crippen LogP contribution in [-0.2, 0) is 11.2 Å². The summed E-state index contributed by atoms with van der Waals surface area (Å²) in [5.74, 6) is 0.335. The summed E-state index contributed by atoms with van der Waals surface area (Å²) in [6.07, 6.45) is 6.75. The molecule has 0 spiro atoms. The molecule has 0 bridgehead atoms. The molecule has 3 heteroatoms. The highest BCUT2D eigenvalue weighted by Gasteiger charge is 2.45. The Kier molecular flexibility index (Phi) is 4.06. The van der Waals surface area contributed by atoms with Gasteiger partial charge in [0.15, 0.2) is 0 Å². The molecular formula is C17H24N2O. The van der Waals surface area contributed by atoms with E-state index >= 15 is 0 Å². The normalized spacial score (nSPS) is 26.2. The molecule has 108 valence electrons. The fraction of sp³-hybridized carbons (Fsp3) is 0.588. The average molecular weight is 272 g/mol. The molecule has 1 aliphatic heterocycles. The second-order valence-corrected chi connectivity index (χ2v) is 6.02. The van der Waals surface area contributed by atoms with Crippen molar-refractivity contribution in [2.24, 2.45) is 0 Å². The molecule has 1 saturated carbocycles. The molecule has 1 amide bonds. The van der Waals surface area contributed by atoms with Crippen molar-refractivity contribution in [2.75, 3.05) is 0 Å². The maximum Gasteiger partial charge on any atom is 0.241 e. The highest BCUT2D eigenvalue weighted by atomic mass is 16.2. The number of benzene rings is 1. The number of hydrogen-bond acceptors (Lipinski definition) is 2. The van der Waals surface area contributed by atoms with Gasteiger partial charge >= 0.3 is 0 Å². The summed E-state index contributed by atoms with van der Waals surface area (Å²) in [6.45, 7) is 2.19. The molecule has 2 fully saturated rings. The van der Waals surface area contributed by atoms with Gasteiger partial charge in [-0.3, -0.25) is 10.1 Å². The SMILES string of the molecule is CCCC1NC(CCc2ccccc2)C(=O)N1C1CC1. The Balaban J connectivity index is 1.61. The first-order valence-electron chi connectivity index (χ1n) is 7.91. The van der Waals surface area contributed by atoms with E-state index in [1.807, 2.05) is 6.07 Å². The maximum atomic E-state index is 12.6. The highest BCUT2D eigenvalue weighted by Crippen LogP contribution is 2.33. The molecule has 2 unspecified atom stereocenters. The fourth-order valence-corrected chi connectivity index (χ4v) is 3.16. The Morgan fingerprint density at radius 2 is 1.95 bits per heavy atom. The smallest absolute Gasteiger partial charge is 0.241 e. The zero-order chi connectivity index (χ0) is 13.9. The first-order valence-corrected chi connectivity index (χ1v) is 7.91. The summed E-state index contributed by atoms with van der Waals surface area (Å²) < 4.78 is 0. The summed E-state index contributed by atoms with van der Waals surface area (Å²) in [4.78, 5) is 14.7. The Labute approximate surface area is 121 Å². The van der Waals surface area contributed by atoms with Crippen LogP contribution in [0.5, 0.6) is 0 Å². The predicted octanol–water partition coefficient (Wildman–Crippen LogP) is 2.71. The number of aryl methyl sites for hydroxylation is 1.